The Kier molecular flexibility index (Phi) is 4.64. The predicted octanol–water partition coefficient (Wildman–Crippen LogP) is 4.55. The number of rotatable bonds is 7. The molecular formula is C19H20N2O. The third-order valence-corrected chi connectivity index (χ3v) is 3.85. The number of Topliss-reactive ketones (excluding diaryl/α,β-unsaturated/α-hetero) is 1. The molecule has 1 N–H and O–H groups in total. The summed E-state index contributed by atoms with van der Waals surface area (Å²) in [6, 6.07) is 17.6. The summed E-state index contributed by atoms with van der Waals surface area (Å²) < 4.78 is 0. The van der Waals surface area contributed by atoms with Crippen molar-refractivity contribution < 1.29 is 4.79 Å². The summed E-state index contributed by atoms with van der Waals surface area (Å²) in [7, 11) is 0. The van der Waals surface area contributed by atoms with Crippen LogP contribution in [-0.4, -0.2) is 15.8 Å². The van der Waals surface area contributed by atoms with Crippen molar-refractivity contribution in [3.8, 4) is 0 Å². The molecule has 0 aliphatic rings. The van der Waals surface area contributed by atoms with Gasteiger partial charge in [0.05, 0.1) is 11.0 Å². The predicted molar refractivity (Wildman–Crippen MR) is 89.0 cm³/mol. The van der Waals surface area contributed by atoms with Crippen LogP contribution >= 0.6 is 0 Å². The summed E-state index contributed by atoms with van der Waals surface area (Å²) in [5.74, 6) is 1.28. The molecule has 3 heteroatoms. The molecule has 0 spiro atoms. The second-order valence-corrected chi connectivity index (χ2v) is 5.55. The highest BCUT2D eigenvalue weighted by Crippen LogP contribution is 2.13. The number of imidazole rings is 1. The first-order valence-corrected chi connectivity index (χ1v) is 7.85. The van der Waals surface area contributed by atoms with Crippen molar-refractivity contribution in [3.05, 3.63) is 66.0 Å². The number of aryl methyl sites for hydroxylation is 1. The van der Waals surface area contributed by atoms with Gasteiger partial charge in [0.1, 0.15) is 5.82 Å². The van der Waals surface area contributed by atoms with E-state index in [4.69, 9.17) is 0 Å². The summed E-state index contributed by atoms with van der Waals surface area (Å²) in [4.78, 5) is 19.9. The molecule has 0 aliphatic heterocycles. The SMILES string of the molecule is O=C(CCCCCc1nc2ccccc2[nH]1)c1ccccc1. The normalized spacial score (nSPS) is 10.9. The van der Waals surface area contributed by atoms with Gasteiger partial charge in [-0.1, -0.05) is 48.9 Å². The van der Waals surface area contributed by atoms with Crippen molar-refractivity contribution >= 4 is 16.8 Å². The largest absolute Gasteiger partial charge is 0.342 e. The van der Waals surface area contributed by atoms with Gasteiger partial charge in [0.25, 0.3) is 0 Å². The van der Waals surface area contributed by atoms with Gasteiger partial charge in [-0.15, -0.1) is 0 Å². The lowest BCUT2D eigenvalue weighted by Crippen LogP contribution is -1.98. The monoisotopic (exact) mass is 292 g/mol. The van der Waals surface area contributed by atoms with Crippen molar-refractivity contribution in [1.29, 1.82) is 0 Å². The number of carbonyl (C=O) groups excluding carboxylic acids is 1. The quantitative estimate of drug-likeness (QED) is 0.513. The van der Waals surface area contributed by atoms with Gasteiger partial charge < -0.3 is 4.98 Å². The van der Waals surface area contributed by atoms with Gasteiger partial charge in [-0.05, 0) is 25.0 Å². The maximum atomic E-state index is 12.0. The van der Waals surface area contributed by atoms with E-state index in [9.17, 15) is 4.79 Å². The lowest BCUT2D eigenvalue weighted by molar-refractivity contribution is 0.0979. The number of H-pyrrole nitrogens is 1. The van der Waals surface area contributed by atoms with E-state index in [2.05, 4.69) is 9.97 Å². The van der Waals surface area contributed by atoms with E-state index < -0.39 is 0 Å². The zero-order valence-electron chi connectivity index (χ0n) is 12.6. The van der Waals surface area contributed by atoms with E-state index in [0.29, 0.717) is 6.42 Å². The van der Waals surface area contributed by atoms with Crippen LogP contribution in [0.4, 0.5) is 0 Å². The Hall–Kier alpha value is -2.42. The lowest BCUT2D eigenvalue weighted by Gasteiger charge is -2.01. The molecule has 3 nitrogen and oxygen atoms in total. The van der Waals surface area contributed by atoms with Crippen LogP contribution in [0.1, 0.15) is 41.9 Å². The molecule has 0 aliphatic carbocycles. The average molecular weight is 292 g/mol. The van der Waals surface area contributed by atoms with Gasteiger partial charge in [0.2, 0.25) is 0 Å². The maximum Gasteiger partial charge on any atom is 0.162 e. The molecule has 1 heterocycles. The number of aromatic nitrogens is 2. The molecule has 0 radical (unpaired) electrons. The van der Waals surface area contributed by atoms with E-state index in [0.717, 1.165) is 48.1 Å². The van der Waals surface area contributed by atoms with E-state index in [1.807, 2.05) is 54.6 Å². The number of aromatic amines is 1. The average Bonchev–Trinajstić information content (AvgIpc) is 2.98. The number of carbonyl (C=O) groups is 1. The molecule has 0 amide bonds. The zero-order chi connectivity index (χ0) is 15.2. The van der Waals surface area contributed by atoms with Crippen LogP contribution in [0, 0.1) is 0 Å². The van der Waals surface area contributed by atoms with E-state index in [1.54, 1.807) is 0 Å². The minimum Gasteiger partial charge on any atom is -0.342 e. The van der Waals surface area contributed by atoms with Crippen LogP contribution < -0.4 is 0 Å². The number of nitrogens with zero attached hydrogens (tertiary/aromatic N) is 1. The molecule has 3 rings (SSSR count). The molecule has 2 aromatic carbocycles. The number of fused-ring (bicyclic) bond motifs is 1. The van der Waals surface area contributed by atoms with Crippen LogP contribution in [0.25, 0.3) is 11.0 Å². The number of para-hydroxylation sites is 2. The molecule has 1 aromatic heterocycles. The summed E-state index contributed by atoms with van der Waals surface area (Å²) in [6.45, 7) is 0. The zero-order valence-corrected chi connectivity index (χ0v) is 12.6. The van der Waals surface area contributed by atoms with Crippen LogP contribution in [-0.2, 0) is 6.42 Å². The van der Waals surface area contributed by atoms with Gasteiger partial charge in [0, 0.05) is 18.4 Å². The number of unbranched alkanes of at least 4 members (excludes halogenated alkanes) is 2. The molecule has 0 bridgehead atoms. The number of hydrogen-bond donors (Lipinski definition) is 1. The second kappa shape index (κ2) is 7.03. The molecule has 3 aromatic rings. The Bertz CT molecular complexity index is 713. The van der Waals surface area contributed by atoms with Gasteiger partial charge in [-0.3, -0.25) is 4.79 Å². The first-order chi connectivity index (χ1) is 10.8. The number of ketones is 1. The topological polar surface area (TPSA) is 45.8 Å². The summed E-state index contributed by atoms with van der Waals surface area (Å²) in [5, 5.41) is 0. The molecule has 0 saturated carbocycles. The van der Waals surface area contributed by atoms with Crippen LogP contribution in [0.2, 0.25) is 0 Å². The highest BCUT2D eigenvalue weighted by atomic mass is 16.1. The standard InChI is InChI=1S/C19H20N2O/c22-18(15-9-3-1-4-10-15)13-5-2-6-14-19-20-16-11-7-8-12-17(16)21-19/h1,3-4,7-12H,2,5-6,13-14H2,(H,20,21). The molecule has 0 atom stereocenters. The Balaban J connectivity index is 1.41. The van der Waals surface area contributed by atoms with Crippen LogP contribution in [0.15, 0.2) is 54.6 Å². The van der Waals surface area contributed by atoms with Crippen molar-refractivity contribution in [1.82, 2.24) is 9.97 Å². The fourth-order valence-electron chi connectivity index (χ4n) is 2.65. The first-order valence-electron chi connectivity index (χ1n) is 7.85. The fraction of sp³-hybridized carbons (Fsp3) is 0.263. The van der Waals surface area contributed by atoms with Crippen LogP contribution in [0.3, 0.4) is 0 Å². The van der Waals surface area contributed by atoms with Gasteiger partial charge in [-0.25, -0.2) is 4.98 Å². The molecule has 22 heavy (non-hydrogen) atoms. The highest BCUT2D eigenvalue weighted by molar-refractivity contribution is 5.95. The molecule has 0 unspecified atom stereocenters. The summed E-state index contributed by atoms with van der Waals surface area (Å²) >= 11 is 0. The molecular weight excluding hydrogens is 272 g/mol. The van der Waals surface area contributed by atoms with Crippen molar-refractivity contribution in [2.45, 2.75) is 32.1 Å². The Morgan fingerprint density at radius 2 is 1.68 bits per heavy atom. The molecule has 0 fully saturated rings. The lowest BCUT2D eigenvalue weighted by atomic mass is 10.0. The number of benzene rings is 2. The Morgan fingerprint density at radius 1 is 0.909 bits per heavy atom. The first kappa shape index (κ1) is 14.5. The highest BCUT2D eigenvalue weighted by Gasteiger charge is 2.05. The van der Waals surface area contributed by atoms with E-state index >= 15 is 0 Å². The van der Waals surface area contributed by atoms with Crippen molar-refractivity contribution in [2.24, 2.45) is 0 Å². The van der Waals surface area contributed by atoms with Gasteiger partial charge in [-0.2, -0.15) is 0 Å². The van der Waals surface area contributed by atoms with Crippen molar-refractivity contribution in [3.63, 3.8) is 0 Å². The fourth-order valence-corrected chi connectivity index (χ4v) is 2.65. The van der Waals surface area contributed by atoms with Crippen molar-refractivity contribution in [2.75, 3.05) is 0 Å². The summed E-state index contributed by atoms with van der Waals surface area (Å²) in [5.41, 5.74) is 2.94. The van der Waals surface area contributed by atoms with E-state index in [1.165, 1.54) is 0 Å². The van der Waals surface area contributed by atoms with E-state index in [-0.39, 0.29) is 5.78 Å². The number of hydrogen-bond acceptors (Lipinski definition) is 2. The Morgan fingerprint density at radius 3 is 2.50 bits per heavy atom. The smallest absolute Gasteiger partial charge is 0.162 e. The third-order valence-electron chi connectivity index (χ3n) is 3.85. The summed E-state index contributed by atoms with van der Waals surface area (Å²) in [6.07, 6.45) is 4.61. The second-order valence-electron chi connectivity index (χ2n) is 5.55. The van der Waals surface area contributed by atoms with Gasteiger partial charge >= 0.3 is 0 Å². The third kappa shape index (κ3) is 3.61. The van der Waals surface area contributed by atoms with Crippen LogP contribution in [0.5, 0.6) is 0 Å². The minimum atomic E-state index is 0.240. The molecule has 112 valence electrons. The van der Waals surface area contributed by atoms with Gasteiger partial charge in [0.15, 0.2) is 5.78 Å². The number of nitrogens with one attached hydrogen (secondary N) is 1. The Labute approximate surface area is 130 Å². The molecule has 0 saturated heterocycles. The minimum absolute atomic E-state index is 0.240. The maximum absolute atomic E-state index is 12.0.